The number of carbonyl (C=O) groups is 2. The Morgan fingerprint density at radius 2 is 1.95 bits per heavy atom. The van der Waals surface area contributed by atoms with Crippen molar-refractivity contribution < 1.29 is 32.6 Å². The summed E-state index contributed by atoms with van der Waals surface area (Å²) in [5, 5.41) is 17.8. The lowest BCUT2D eigenvalue weighted by atomic mass is 9.94. The number of ether oxygens (including phenoxy) is 1. The Bertz CT molecular complexity index is 1370. The molecule has 0 aliphatic carbocycles. The maximum atomic E-state index is 14.2. The minimum atomic E-state index is -2.28. The molecule has 0 radical (unpaired) electrons. The van der Waals surface area contributed by atoms with Crippen molar-refractivity contribution >= 4 is 30.0 Å². The molecule has 13 heteroatoms. The summed E-state index contributed by atoms with van der Waals surface area (Å²) < 4.78 is 48.6. The van der Waals surface area contributed by atoms with Crippen LogP contribution in [-0.2, 0) is 20.9 Å². The van der Waals surface area contributed by atoms with Gasteiger partial charge < -0.3 is 20.9 Å². The number of anilines is 1. The van der Waals surface area contributed by atoms with Crippen LogP contribution in [0.25, 0.3) is 0 Å². The second-order valence-electron chi connectivity index (χ2n) is 9.51. The monoisotopic (exact) mass is 565 g/mol. The quantitative estimate of drug-likeness (QED) is 0.395. The number of aliphatic hydroxyl groups is 1. The second-order valence-corrected chi connectivity index (χ2v) is 9.51. The number of nitrogens with zero attached hydrogens (tertiary/aromatic N) is 3. The number of nitrogens with two attached hydrogens (primary N) is 1. The predicted octanol–water partition coefficient (Wildman–Crippen LogP) is 2.54. The standard InChI is InChI=1S/C26H26F3N5O4.ClH/c27-16-3-1-2-15(10-16)13-31-24(35)26(37)7-9-33(25(26)36)22-6-8-34(32-22)18-12-21(30)23(38-14-18)19-11-17(28)4-5-20(19)29;/h1-6,8,10-11,18,21,23,37H,7,9,12-14,30H2,(H,31,35);1H/t18-,21+,23-,26?;/m1./s1. The zero-order valence-corrected chi connectivity index (χ0v) is 21.4. The van der Waals surface area contributed by atoms with E-state index in [0.29, 0.717) is 12.0 Å². The van der Waals surface area contributed by atoms with Gasteiger partial charge in [-0.1, -0.05) is 12.1 Å². The minimum Gasteiger partial charge on any atom is -0.372 e. The molecule has 2 aliphatic heterocycles. The van der Waals surface area contributed by atoms with Crippen LogP contribution >= 0.6 is 12.4 Å². The molecule has 2 amide bonds. The summed E-state index contributed by atoms with van der Waals surface area (Å²) in [6, 6.07) is 9.34. The highest BCUT2D eigenvalue weighted by atomic mass is 35.5. The lowest BCUT2D eigenvalue weighted by Crippen LogP contribution is -2.52. The number of amides is 2. The zero-order valence-electron chi connectivity index (χ0n) is 20.6. The summed E-state index contributed by atoms with van der Waals surface area (Å²) >= 11 is 0. The lowest BCUT2D eigenvalue weighted by molar-refractivity contribution is -0.149. The molecule has 39 heavy (non-hydrogen) atoms. The molecular weight excluding hydrogens is 539 g/mol. The molecule has 0 spiro atoms. The fourth-order valence-corrected chi connectivity index (χ4v) is 4.87. The maximum Gasteiger partial charge on any atom is 0.270 e. The van der Waals surface area contributed by atoms with Gasteiger partial charge >= 0.3 is 0 Å². The van der Waals surface area contributed by atoms with E-state index in [-0.39, 0.29) is 55.9 Å². The van der Waals surface area contributed by atoms with Gasteiger partial charge in [-0.2, -0.15) is 5.10 Å². The van der Waals surface area contributed by atoms with Crippen LogP contribution in [0.1, 0.15) is 36.1 Å². The molecule has 1 unspecified atom stereocenters. The van der Waals surface area contributed by atoms with Gasteiger partial charge in [0, 0.05) is 43.4 Å². The van der Waals surface area contributed by atoms with Crippen molar-refractivity contribution in [1.29, 1.82) is 0 Å². The Morgan fingerprint density at radius 3 is 2.69 bits per heavy atom. The van der Waals surface area contributed by atoms with Crippen LogP contribution in [0, 0.1) is 17.5 Å². The van der Waals surface area contributed by atoms with Gasteiger partial charge in [0.1, 0.15) is 23.6 Å². The van der Waals surface area contributed by atoms with Crippen LogP contribution in [0.5, 0.6) is 0 Å². The van der Waals surface area contributed by atoms with Gasteiger partial charge in [0.15, 0.2) is 5.82 Å². The van der Waals surface area contributed by atoms with E-state index in [0.717, 1.165) is 18.2 Å². The van der Waals surface area contributed by atoms with Crippen molar-refractivity contribution in [3.8, 4) is 0 Å². The molecular formula is C26H27ClF3N5O4. The normalized spacial score (nSPS) is 24.9. The Hall–Kier alpha value is -3.45. The van der Waals surface area contributed by atoms with Crippen molar-refractivity contribution in [1.82, 2.24) is 15.1 Å². The number of carbonyl (C=O) groups excluding carboxylic acids is 2. The third-order valence-electron chi connectivity index (χ3n) is 6.92. The summed E-state index contributed by atoms with van der Waals surface area (Å²) in [4.78, 5) is 26.9. The molecule has 2 aromatic carbocycles. The van der Waals surface area contributed by atoms with E-state index in [1.165, 1.54) is 23.1 Å². The van der Waals surface area contributed by atoms with Crippen molar-refractivity contribution in [3.05, 3.63) is 83.3 Å². The average molecular weight is 566 g/mol. The fraction of sp³-hybridized carbons (Fsp3) is 0.346. The van der Waals surface area contributed by atoms with Crippen LogP contribution in [0.2, 0.25) is 0 Å². The molecule has 3 aromatic rings. The first-order chi connectivity index (χ1) is 18.2. The number of hydrogen-bond donors (Lipinski definition) is 3. The van der Waals surface area contributed by atoms with Gasteiger partial charge in [0.2, 0.25) is 5.60 Å². The van der Waals surface area contributed by atoms with Crippen LogP contribution in [0.15, 0.2) is 54.7 Å². The van der Waals surface area contributed by atoms with Crippen LogP contribution < -0.4 is 16.0 Å². The molecule has 1 aromatic heterocycles. The fourth-order valence-electron chi connectivity index (χ4n) is 4.87. The Kier molecular flexibility index (Phi) is 8.31. The molecule has 4 atom stereocenters. The molecule has 3 heterocycles. The third kappa shape index (κ3) is 5.64. The number of hydrogen-bond acceptors (Lipinski definition) is 6. The highest BCUT2D eigenvalue weighted by Gasteiger charge is 2.52. The molecule has 0 bridgehead atoms. The van der Waals surface area contributed by atoms with E-state index in [9.17, 15) is 27.9 Å². The van der Waals surface area contributed by atoms with Gasteiger partial charge in [0.05, 0.1) is 12.6 Å². The zero-order chi connectivity index (χ0) is 27.0. The van der Waals surface area contributed by atoms with E-state index >= 15 is 0 Å². The first-order valence-corrected chi connectivity index (χ1v) is 12.1. The molecule has 4 N–H and O–H groups in total. The van der Waals surface area contributed by atoms with Crippen LogP contribution in [0.3, 0.4) is 0 Å². The number of aromatic nitrogens is 2. The molecule has 2 aliphatic rings. The van der Waals surface area contributed by atoms with Gasteiger partial charge in [0.25, 0.3) is 11.8 Å². The maximum absolute atomic E-state index is 14.2. The van der Waals surface area contributed by atoms with Crippen molar-refractivity contribution in [3.63, 3.8) is 0 Å². The second kappa shape index (κ2) is 11.3. The Labute approximate surface area is 228 Å². The summed E-state index contributed by atoms with van der Waals surface area (Å²) in [6.45, 7) is 0.125. The summed E-state index contributed by atoms with van der Waals surface area (Å²) in [6.07, 6.45) is 1.00. The van der Waals surface area contributed by atoms with E-state index in [2.05, 4.69) is 10.4 Å². The number of rotatable bonds is 6. The highest BCUT2D eigenvalue weighted by molar-refractivity contribution is 6.16. The van der Waals surface area contributed by atoms with E-state index in [1.807, 2.05) is 0 Å². The number of nitrogens with one attached hydrogen (secondary N) is 1. The largest absolute Gasteiger partial charge is 0.372 e. The van der Waals surface area contributed by atoms with E-state index in [1.54, 1.807) is 23.0 Å². The Balaban J connectivity index is 0.00000353. The number of benzene rings is 2. The molecule has 2 fully saturated rings. The smallest absolute Gasteiger partial charge is 0.270 e. The summed E-state index contributed by atoms with van der Waals surface area (Å²) in [7, 11) is 0. The molecule has 208 valence electrons. The lowest BCUT2D eigenvalue weighted by Gasteiger charge is -2.34. The molecule has 2 saturated heterocycles. The van der Waals surface area contributed by atoms with Crippen molar-refractivity contribution in [2.75, 3.05) is 18.1 Å². The summed E-state index contributed by atoms with van der Waals surface area (Å²) in [5.41, 5.74) is 4.49. The van der Waals surface area contributed by atoms with Crippen molar-refractivity contribution in [2.24, 2.45) is 5.73 Å². The average Bonchev–Trinajstić information content (AvgIpc) is 3.49. The SMILES string of the molecule is Cl.N[C@H]1C[C@@H](n2ccc(N3CCC(O)(C(=O)NCc4cccc(F)c4)C3=O)n2)CO[C@@H]1c1cc(F)ccc1F. The topological polar surface area (TPSA) is 123 Å². The number of halogens is 4. The van der Waals surface area contributed by atoms with Crippen molar-refractivity contribution in [2.45, 2.75) is 43.2 Å². The van der Waals surface area contributed by atoms with Crippen LogP contribution in [0.4, 0.5) is 19.0 Å². The molecule has 0 saturated carbocycles. The molecule has 9 nitrogen and oxygen atoms in total. The first kappa shape index (κ1) is 28.6. The molecule has 5 rings (SSSR count). The van der Waals surface area contributed by atoms with Gasteiger partial charge in [-0.3, -0.25) is 19.2 Å². The highest BCUT2D eigenvalue weighted by Crippen LogP contribution is 2.34. The summed E-state index contributed by atoms with van der Waals surface area (Å²) in [5.74, 6) is -3.12. The Morgan fingerprint density at radius 1 is 1.18 bits per heavy atom. The third-order valence-corrected chi connectivity index (χ3v) is 6.92. The van der Waals surface area contributed by atoms with E-state index in [4.69, 9.17) is 10.5 Å². The predicted molar refractivity (Wildman–Crippen MR) is 136 cm³/mol. The van der Waals surface area contributed by atoms with Gasteiger partial charge in [-0.05, 0) is 42.3 Å². The minimum absolute atomic E-state index is 0. The van der Waals surface area contributed by atoms with Gasteiger partial charge in [-0.15, -0.1) is 12.4 Å². The first-order valence-electron chi connectivity index (χ1n) is 12.1. The van der Waals surface area contributed by atoms with Gasteiger partial charge in [-0.25, -0.2) is 13.2 Å². The van der Waals surface area contributed by atoms with E-state index < -0.39 is 47.0 Å². The van der Waals surface area contributed by atoms with Crippen LogP contribution in [-0.4, -0.2) is 51.5 Å².